The Hall–Kier alpha value is -0.530. The summed E-state index contributed by atoms with van der Waals surface area (Å²) in [6, 6.07) is 0. The van der Waals surface area contributed by atoms with Crippen LogP contribution in [0.2, 0.25) is 0 Å². The molecule has 0 radical (unpaired) electrons. The lowest BCUT2D eigenvalue weighted by atomic mass is 10.1. The molecule has 0 aliphatic heterocycles. The Kier molecular flexibility index (Phi) is 0.890. The van der Waals surface area contributed by atoms with Crippen LogP contribution in [-0.4, -0.2) is 12.1 Å². The van der Waals surface area contributed by atoms with Crippen molar-refractivity contribution in [1.82, 2.24) is 0 Å². The lowest BCUT2D eigenvalue weighted by Gasteiger charge is -2.13. The molecule has 0 aromatic heterocycles. The fraction of sp³-hybridized carbons (Fsp3) is 0.889. The molecule has 0 aromatic rings. The molecule has 0 saturated heterocycles. The maximum absolute atomic E-state index is 10.7. The Balaban J connectivity index is 1.77. The molecule has 3 atom stereocenters. The minimum absolute atomic E-state index is 0.0896. The van der Waals surface area contributed by atoms with Gasteiger partial charge in [0.2, 0.25) is 0 Å². The second-order valence-corrected chi connectivity index (χ2v) is 4.21. The molecule has 4 rings (SSSR count). The van der Waals surface area contributed by atoms with E-state index < -0.39 is 0 Å². The van der Waals surface area contributed by atoms with Gasteiger partial charge in [0, 0.05) is 12.8 Å². The van der Waals surface area contributed by atoms with Crippen molar-refractivity contribution in [1.29, 1.82) is 0 Å². The fourth-order valence-corrected chi connectivity index (χ4v) is 3.37. The zero-order valence-electron chi connectivity index (χ0n) is 6.62. The van der Waals surface area contributed by atoms with E-state index in [4.69, 9.17) is 4.74 Å². The van der Waals surface area contributed by atoms with Crippen molar-refractivity contribution in [3.63, 3.8) is 0 Å². The van der Waals surface area contributed by atoms with Crippen molar-refractivity contribution in [2.45, 2.75) is 25.9 Å². The highest BCUT2D eigenvalue weighted by atomic mass is 16.5. The van der Waals surface area contributed by atoms with Gasteiger partial charge in [-0.15, -0.1) is 0 Å². The maximum Gasteiger partial charge on any atom is 0.302 e. The van der Waals surface area contributed by atoms with Crippen molar-refractivity contribution in [2.24, 2.45) is 23.7 Å². The van der Waals surface area contributed by atoms with Crippen LogP contribution in [0.3, 0.4) is 0 Å². The van der Waals surface area contributed by atoms with Crippen LogP contribution in [0.25, 0.3) is 0 Å². The molecule has 11 heavy (non-hydrogen) atoms. The summed E-state index contributed by atoms with van der Waals surface area (Å²) in [5.41, 5.74) is 0. The van der Waals surface area contributed by atoms with Gasteiger partial charge >= 0.3 is 5.97 Å². The number of esters is 1. The predicted molar refractivity (Wildman–Crippen MR) is 38.7 cm³/mol. The van der Waals surface area contributed by atoms with Gasteiger partial charge < -0.3 is 4.74 Å². The molecular weight excluding hydrogens is 140 g/mol. The summed E-state index contributed by atoms with van der Waals surface area (Å²) >= 11 is 0. The van der Waals surface area contributed by atoms with Crippen LogP contribution in [0.1, 0.15) is 19.8 Å². The first-order valence-corrected chi connectivity index (χ1v) is 4.44. The Morgan fingerprint density at radius 2 is 2.00 bits per heavy atom. The number of carbonyl (C=O) groups excluding carboxylic acids is 1. The zero-order chi connectivity index (χ0) is 7.59. The van der Waals surface area contributed by atoms with Gasteiger partial charge in [0.05, 0.1) is 0 Å². The molecule has 4 aliphatic rings. The summed E-state index contributed by atoms with van der Waals surface area (Å²) in [5.74, 6) is 3.32. The third-order valence-corrected chi connectivity index (χ3v) is 3.69. The van der Waals surface area contributed by atoms with E-state index >= 15 is 0 Å². The second kappa shape index (κ2) is 1.62. The molecule has 0 spiro atoms. The van der Waals surface area contributed by atoms with Crippen LogP contribution in [0.5, 0.6) is 0 Å². The Labute approximate surface area is 65.9 Å². The van der Waals surface area contributed by atoms with Gasteiger partial charge in [0.15, 0.2) is 0 Å². The standard InChI is InChI=1S/C9H12O2/c1-4(10)11-9-5-2-6-7(3-5)8(6)9/h5-9H,2-3H2,1H3. The Morgan fingerprint density at radius 1 is 1.36 bits per heavy atom. The number of hydrogen-bond acceptors (Lipinski definition) is 2. The molecule has 2 heteroatoms. The van der Waals surface area contributed by atoms with Gasteiger partial charge in [-0.3, -0.25) is 4.79 Å². The largest absolute Gasteiger partial charge is 0.462 e. The normalized spacial score (nSPS) is 56.3. The first-order valence-electron chi connectivity index (χ1n) is 4.44. The van der Waals surface area contributed by atoms with Crippen molar-refractivity contribution in [3.05, 3.63) is 0 Å². The van der Waals surface area contributed by atoms with Gasteiger partial charge in [-0.1, -0.05) is 0 Å². The SMILES string of the molecule is CC(=O)OC1C2CC3C(C2)C31. The Bertz CT molecular complexity index is 210. The summed E-state index contributed by atoms with van der Waals surface area (Å²) in [7, 11) is 0. The quantitative estimate of drug-likeness (QED) is 0.528. The van der Waals surface area contributed by atoms with E-state index in [9.17, 15) is 4.79 Å². The van der Waals surface area contributed by atoms with E-state index in [1.807, 2.05) is 0 Å². The topological polar surface area (TPSA) is 26.3 Å². The lowest BCUT2D eigenvalue weighted by Crippen LogP contribution is -2.19. The molecule has 4 bridgehead atoms. The lowest BCUT2D eigenvalue weighted by molar-refractivity contribution is -0.148. The molecular formula is C9H12O2. The third kappa shape index (κ3) is 0.608. The van der Waals surface area contributed by atoms with Crippen LogP contribution in [0, 0.1) is 23.7 Å². The molecule has 2 nitrogen and oxygen atoms in total. The summed E-state index contributed by atoms with van der Waals surface area (Å²) < 4.78 is 5.28. The minimum atomic E-state index is -0.0896. The molecule has 4 fully saturated rings. The van der Waals surface area contributed by atoms with E-state index in [1.54, 1.807) is 0 Å². The summed E-state index contributed by atoms with van der Waals surface area (Å²) in [5, 5.41) is 0. The first-order chi connectivity index (χ1) is 5.27. The summed E-state index contributed by atoms with van der Waals surface area (Å²) in [6.07, 6.45) is 3.00. The number of rotatable bonds is 1. The van der Waals surface area contributed by atoms with Crippen LogP contribution < -0.4 is 0 Å². The summed E-state index contributed by atoms with van der Waals surface area (Å²) in [4.78, 5) is 10.7. The molecule has 0 heterocycles. The smallest absolute Gasteiger partial charge is 0.302 e. The minimum Gasteiger partial charge on any atom is -0.462 e. The van der Waals surface area contributed by atoms with Crippen molar-refractivity contribution >= 4 is 5.97 Å². The van der Waals surface area contributed by atoms with Crippen LogP contribution in [-0.2, 0) is 9.53 Å². The zero-order valence-corrected chi connectivity index (χ0v) is 6.62. The van der Waals surface area contributed by atoms with E-state index in [2.05, 4.69) is 0 Å². The van der Waals surface area contributed by atoms with Gasteiger partial charge in [0.1, 0.15) is 6.10 Å². The van der Waals surface area contributed by atoms with E-state index in [1.165, 1.54) is 19.8 Å². The molecule has 60 valence electrons. The molecule has 0 N–H and O–H groups in total. The highest BCUT2D eigenvalue weighted by Gasteiger charge is 2.69. The molecule has 0 aromatic carbocycles. The van der Waals surface area contributed by atoms with Gasteiger partial charge in [-0.25, -0.2) is 0 Å². The average Bonchev–Trinajstić information content (AvgIpc) is 2.30. The van der Waals surface area contributed by atoms with Crippen molar-refractivity contribution < 1.29 is 9.53 Å². The molecule has 4 saturated carbocycles. The predicted octanol–water partition coefficient (Wildman–Crippen LogP) is 1.20. The second-order valence-electron chi connectivity index (χ2n) is 4.21. The van der Waals surface area contributed by atoms with Crippen molar-refractivity contribution in [2.75, 3.05) is 0 Å². The maximum atomic E-state index is 10.7. The molecule has 3 unspecified atom stereocenters. The third-order valence-electron chi connectivity index (χ3n) is 3.69. The van der Waals surface area contributed by atoms with Gasteiger partial charge in [0.25, 0.3) is 0 Å². The van der Waals surface area contributed by atoms with E-state index in [0.717, 1.165) is 23.7 Å². The average molecular weight is 152 g/mol. The monoisotopic (exact) mass is 152 g/mol. The number of ether oxygens (including phenoxy) is 1. The number of hydrogen-bond donors (Lipinski definition) is 0. The molecule has 4 aliphatic carbocycles. The first kappa shape index (κ1) is 6.04. The van der Waals surface area contributed by atoms with Gasteiger partial charge in [-0.05, 0) is 30.6 Å². The molecule has 0 amide bonds. The van der Waals surface area contributed by atoms with Crippen LogP contribution >= 0.6 is 0 Å². The highest BCUT2D eigenvalue weighted by Crippen LogP contribution is 2.71. The van der Waals surface area contributed by atoms with Gasteiger partial charge in [-0.2, -0.15) is 0 Å². The van der Waals surface area contributed by atoms with Crippen molar-refractivity contribution in [3.8, 4) is 0 Å². The van der Waals surface area contributed by atoms with E-state index in [0.29, 0.717) is 6.10 Å². The van der Waals surface area contributed by atoms with E-state index in [-0.39, 0.29) is 5.97 Å². The van der Waals surface area contributed by atoms with Crippen LogP contribution in [0.15, 0.2) is 0 Å². The Morgan fingerprint density at radius 3 is 2.36 bits per heavy atom. The number of carbonyl (C=O) groups is 1. The fourth-order valence-electron chi connectivity index (χ4n) is 3.37. The highest BCUT2D eigenvalue weighted by molar-refractivity contribution is 5.66. The summed E-state index contributed by atoms with van der Waals surface area (Å²) in [6.45, 7) is 1.52. The van der Waals surface area contributed by atoms with Crippen LogP contribution in [0.4, 0.5) is 0 Å².